The summed E-state index contributed by atoms with van der Waals surface area (Å²) in [7, 11) is 0. The zero-order valence-corrected chi connectivity index (χ0v) is 16.2. The summed E-state index contributed by atoms with van der Waals surface area (Å²) >= 11 is 0. The number of para-hydroxylation sites is 1. The molecule has 0 unspecified atom stereocenters. The third-order valence-electron chi connectivity index (χ3n) is 5.88. The van der Waals surface area contributed by atoms with Crippen molar-refractivity contribution in [2.45, 2.75) is 51.6 Å². The van der Waals surface area contributed by atoms with Gasteiger partial charge in [0.2, 0.25) is 0 Å². The summed E-state index contributed by atoms with van der Waals surface area (Å²) in [5.41, 5.74) is 2.87. The number of hydrogen-bond donors (Lipinski definition) is 0. The summed E-state index contributed by atoms with van der Waals surface area (Å²) in [5, 5.41) is 0. The van der Waals surface area contributed by atoms with Crippen LogP contribution in [-0.2, 0) is 11.2 Å². The average molecular weight is 362 g/mol. The average Bonchev–Trinajstić information content (AvgIpc) is 3.05. The Bertz CT molecular complexity index is 888. The number of carbonyl (C=O) groups excluding carboxylic acids is 2. The number of rotatable bonds is 3. The van der Waals surface area contributed by atoms with Crippen LogP contribution in [0.4, 0.5) is 5.69 Å². The molecule has 4 heteroatoms. The smallest absolute Gasteiger partial charge is 0.256 e. The van der Waals surface area contributed by atoms with Gasteiger partial charge in [-0.2, -0.15) is 0 Å². The van der Waals surface area contributed by atoms with Crippen LogP contribution in [0.5, 0.6) is 0 Å². The molecule has 27 heavy (non-hydrogen) atoms. The highest BCUT2D eigenvalue weighted by Gasteiger charge is 2.54. The van der Waals surface area contributed by atoms with Gasteiger partial charge < -0.3 is 9.80 Å². The van der Waals surface area contributed by atoms with Crippen LogP contribution in [0.2, 0.25) is 0 Å². The van der Waals surface area contributed by atoms with Gasteiger partial charge in [-0.25, -0.2) is 0 Å². The number of aryl methyl sites for hydroxylation is 1. The summed E-state index contributed by atoms with van der Waals surface area (Å²) in [6.07, 6.45) is 2.13. The van der Waals surface area contributed by atoms with Crippen molar-refractivity contribution in [3.8, 4) is 0 Å². The number of hydrogen-bond acceptors (Lipinski definition) is 2. The second-order valence-electron chi connectivity index (χ2n) is 8.04. The fraction of sp³-hybridized carbons (Fsp3) is 0.391. The molecule has 2 aliphatic heterocycles. The molecule has 0 bridgehead atoms. The van der Waals surface area contributed by atoms with Crippen LogP contribution in [0.15, 0.2) is 48.5 Å². The van der Waals surface area contributed by atoms with Gasteiger partial charge in [0.15, 0.2) is 0 Å². The van der Waals surface area contributed by atoms with E-state index in [1.54, 1.807) is 0 Å². The molecule has 2 aromatic rings. The predicted molar refractivity (Wildman–Crippen MR) is 107 cm³/mol. The van der Waals surface area contributed by atoms with E-state index in [2.05, 4.69) is 31.2 Å². The largest absolute Gasteiger partial charge is 0.323 e. The molecule has 1 atom stereocenters. The van der Waals surface area contributed by atoms with Crippen molar-refractivity contribution in [2.75, 3.05) is 11.4 Å². The van der Waals surface area contributed by atoms with Crippen molar-refractivity contribution >= 4 is 17.5 Å². The van der Waals surface area contributed by atoms with E-state index in [0.29, 0.717) is 24.9 Å². The van der Waals surface area contributed by atoms with Crippen LogP contribution >= 0.6 is 0 Å². The molecule has 2 aliphatic rings. The van der Waals surface area contributed by atoms with Gasteiger partial charge in [0.05, 0.1) is 11.3 Å². The van der Waals surface area contributed by atoms with Crippen LogP contribution in [0.1, 0.15) is 48.2 Å². The molecule has 2 heterocycles. The monoisotopic (exact) mass is 362 g/mol. The second kappa shape index (κ2) is 6.52. The van der Waals surface area contributed by atoms with E-state index in [-0.39, 0.29) is 17.9 Å². The number of carbonyl (C=O) groups is 2. The van der Waals surface area contributed by atoms with Crippen molar-refractivity contribution in [3.63, 3.8) is 0 Å². The molecule has 1 fully saturated rings. The Morgan fingerprint density at radius 2 is 1.74 bits per heavy atom. The molecule has 1 saturated heterocycles. The van der Waals surface area contributed by atoms with E-state index in [4.69, 9.17) is 0 Å². The Hall–Kier alpha value is -2.62. The van der Waals surface area contributed by atoms with Crippen LogP contribution in [-0.4, -0.2) is 34.8 Å². The first-order valence-corrected chi connectivity index (χ1v) is 9.74. The molecule has 0 spiro atoms. The van der Waals surface area contributed by atoms with E-state index in [1.165, 1.54) is 5.56 Å². The third-order valence-corrected chi connectivity index (χ3v) is 5.88. The van der Waals surface area contributed by atoms with Gasteiger partial charge >= 0.3 is 0 Å². The predicted octanol–water partition coefficient (Wildman–Crippen LogP) is 3.97. The second-order valence-corrected chi connectivity index (χ2v) is 8.04. The molecule has 0 N–H and O–H groups in total. The Labute approximate surface area is 160 Å². The minimum Gasteiger partial charge on any atom is -0.323 e. The lowest BCUT2D eigenvalue weighted by atomic mass is 9.86. The minimum atomic E-state index is -0.796. The Morgan fingerprint density at radius 1 is 1.04 bits per heavy atom. The summed E-state index contributed by atoms with van der Waals surface area (Å²) in [5.74, 6) is 0.0283. The summed E-state index contributed by atoms with van der Waals surface area (Å²) in [6, 6.07) is 15.8. The van der Waals surface area contributed by atoms with Crippen molar-refractivity contribution < 1.29 is 9.59 Å². The molecule has 4 nitrogen and oxygen atoms in total. The van der Waals surface area contributed by atoms with Crippen molar-refractivity contribution in [2.24, 2.45) is 0 Å². The molecular formula is C23H26N2O2. The summed E-state index contributed by atoms with van der Waals surface area (Å²) in [6.45, 7) is 6.73. The fourth-order valence-electron chi connectivity index (χ4n) is 4.56. The highest BCUT2D eigenvalue weighted by Crippen LogP contribution is 2.41. The molecule has 2 aromatic carbocycles. The first-order chi connectivity index (χ1) is 12.9. The fourth-order valence-corrected chi connectivity index (χ4v) is 4.56. The van der Waals surface area contributed by atoms with Crippen LogP contribution in [0, 0.1) is 6.92 Å². The Balaban J connectivity index is 1.86. The molecule has 0 aromatic heterocycles. The van der Waals surface area contributed by atoms with Crippen LogP contribution in [0.3, 0.4) is 0 Å². The topological polar surface area (TPSA) is 40.6 Å². The lowest BCUT2D eigenvalue weighted by molar-refractivity contribution is -0.128. The zero-order chi connectivity index (χ0) is 19.2. The maximum Gasteiger partial charge on any atom is 0.256 e. The SMILES string of the molecule is Cc1ccc(C[C@@]23CCCN2C(=O)c2ccccc2N(C(C)C)C3=O)cc1. The van der Waals surface area contributed by atoms with Crippen LogP contribution in [0.25, 0.3) is 0 Å². The van der Waals surface area contributed by atoms with E-state index < -0.39 is 5.54 Å². The standard InChI is InChI=1S/C23H26N2O2/c1-16(2)25-20-8-5-4-7-19(20)21(26)24-14-6-13-23(24,22(25)27)15-18-11-9-17(3)10-12-18/h4-5,7-12,16H,6,13-15H2,1-3H3/t23-/m1/s1. The molecular weight excluding hydrogens is 336 g/mol. The molecule has 4 rings (SSSR count). The van der Waals surface area contributed by atoms with Crippen molar-refractivity contribution in [1.82, 2.24) is 4.90 Å². The van der Waals surface area contributed by atoms with E-state index in [0.717, 1.165) is 17.7 Å². The maximum atomic E-state index is 13.9. The van der Waals surface area contributed by atoms with Gasteiger partial charge in [0.25, 0.3) is 11.8 Å². The van der Waals surface area contributed by atoms with Crippen molar-refractivity contribution in [1.29, 1.82) is 0 Å². The minimum absolute atomic E-state index is 0.0121. The van der Waals surface area contributed by atoms with Crippen LogP contribution < -0.4 is 4.90 Å². The van der Waals surface area contributed by atoms with E-state index in [9.17, 15) is 9.59 Å². The van der Waals surface area contributed by atoms with Gasteiger partial charge in [0, 0.05) is 19.0 Å². The highest BCUT2D eigenvalue weighted by molar-refractivity contribution is 6.13. The lowest BCUT2D eigenvalue weighted by Crippen LogP contribution is -2.59. The normalized spacial score (nSPS) is 22.1. The van der Waals surface area contributed by atoms with E-state index in [1.807, 2.05) is 47.9 Å². The Kier molecular flexibility index (Phi) is 4.29. The number of nitrogens with zero attached hydrogens (tertiary/aromatic N) is 2. The quantitative estimate of drug-likeness (QED) is 0.829. The molecule has 2 amide bonds. The van der Waals surface area contributed by atoms with E-state index >= 15 is 0 Å². The first kappa shape index (κ1) is 17.8. The highest BCUT2D eigenvalue weighted by atomic mass is 16.2. The lowest BCUT2D eigenvalue weighted by Gasteiger charge is -2.39. The molecule has 0 saturated carbocycles. The van der Waals surface area contributed by atoms with Crippen molar-refractivity contribution in [3.05, 3.63) is 65.2 Å². The van der Waals surface area contributed by atoms with Gasteiger partial charge in [-0.05, 0) is 51.3 Å². The van der Waals surface area contributed by atoms with Gasteiger partial charge in [-0.1, -0.05) is 42.0 Å². The summed E-state index contributed by atoms with van der Waals surface area (Å²) < 4.78 is 0. The van der Waals surface area contributed by atoms with Gasteiger partial charge in [-0.3, -0.25) is 9.59 Å². The molecule has 0 aliphatic carbocycles. The number of benzene rings is 2. The maximum absolute atomic E-state index is 13.9. The van der Waals surface area contributed by atoms with Gasteiger partial charge in [0.1, 0.15) is 5.54 Å². The first-order valence-electron chi connectivity index (χ1n) is 9.74. The molecule has 0 radical (unpaired) electrons. The summed E-state index contributed by atoms with van der Waals surface area (Å²) in [4.78, 5) is 31.0. The van der Waals surface area contributed by atoms with Gasteiger partial charge in [-0.15, -0.1) is 0 Å². The Morgan fingerprint density at radius 3 is 2.44 bits per heavy atom. The third kappa shape index (κ3) is 2.75. The molecule has 140 valence electrons. The number of amides is 2. The number of anilines is 1. The zero-order valence-electron chi connectivity index (χ0n) is 16.2. The number of fused-ring (bicyclic) bond motifs is 2.